The van der Waals surface area contributed by atoms with Crippen molar-refractivity contribution in [3.05, 3.63) is 35.4 Å². The molecule has 0 fully saturated rings. The molecule has 2 N–H and O–H groups in total. The molecule has 1 aromatic carbocycles. The fourth-order valence-electron chi connectivity index (χ4n) is 1.41. The Bertz CT molecular complexity index is 398. The second-order valence-corrected chi connectivity index (χ2v) is 4.77. The molecule has 1 unspecified atom stereocenters. The molecule has 4 nitrogen and oxygen atoms in total. The third-order valence-electron chi connectivity index (χ3n) is 2.33. The van der Waals surface area contributed by atoms with Crippen LogP contribution in [0.25, 0.3) is 0 Å². The molecule has 0 aromatic heterocycles. The molecule has 0 heterocycles. The third-order valence-corrected chi connectivity index (χ3v) is 2.97. The summed E-state index contributed by atoms with van der Waals surface area (Å²) in [6, 6.07) is 9.52. The molecule has 92 valence electrons. The minimum absolute atomic E-state index is 0.346. The lowest BCUT2D eigenvalue weighted by Crippen LogP contribution is -2.15. The summed E-state index contributed by atoms with van der Waals surface area (Å²) in [7, 11) is 0. The van der Waals surface area contributed by atoms with Crippen molar-refractivity contribution in [3.8, 4) is 6.07 Å². The van der Waals surface area contributed by atoms with E-state index in [0.717, 1.165) is 31.5 Å². The van der Waals surface area contributed by atoms with Crippen molar-refractivity contribution in [1.29, 1.82) is 5.26 Å². The van der Waals surface area contributed by atoms with E-state index >= 15 is 0 Å². The second kappa shape index (κ2) is 7.96. The quantitative estimate of drug-likeness (QED) is 0.571. The van der Waals surface area contributed by atoms with Gasteiger partial charge in [0.15, 0.2) is 11.1 Å². The summed E-state index contributed by atoms with van der Waals surface area (Å²) in [6.07, 6.45) is 1.64. The summed E-state index contributed by atoms with van der Waals surface area (Å²) < 4.78 is 18.9. The first-order valence-corrected chi connectivity index (χ1v) is 6.77. The molecule has 5 heteroatoms. The first-order chi connectivity index (χ1) is 8.22. The van der Waals surface area contributed by atoms with Crippen LogP contribution in [0, 0.1) is 11.3 Å². The van der Waals surface area contributed by atoms with Crippen molar-refractivity contribution < 1.29 is 8.76 Å². The van der Waals surface area contributed by atoms with Crippen LogP contribution in [0.1, 0.15) is 24.0 Å². The van der Waals surface area contributed by atoms with Gasteiger partial charge in [-0.25, -0.2) is 4.21 Å². The monoisotopic (exact) mass is 252 g/mol. The molecule has 0 aliphatic rings. The van der Waals surface area contributed by atoms with E-state index in [2.05, 4.69) is 11.4 Å². The van der Waals surface area contributed by atoms with Crippen LogP contribution < -0.4 is 5.32 Å². The molecule has 0 bridgehead atoms. The maximum Gasteiger partial charge on any atom is 0.152 e. The number of nitrogens with zero attached hydrogens (tertiary/aromatic N) is 1. The Morgan fingerprint density at radius 1 is 1.29 bits per heavy atom. The van der Waals surface area contributed by atoms with Gasteiger partial charge in [-0.2, -0.15) is 5.26 Å². The van der Waals surface area contributed by atoms with Crippen LogP contribution in [0.5, 0.6) is 0 Å². The Hall–Kier alpha value is -1.22. The zero-order chi connectivity index (χ0) is 12.5. The highest BCUT2D eigenvalue weighted by Gasteiger charge is 1.95. The van der Waals surface area contributed by atoms with Gasteiger partial charge in [-0.15, -0.1) is 0 Å². The van der Waals surface area contributed by atoms with Gasteiger partial charge < -0.3 is 9.87 Å². The number of nitriles is 1. The molecular weight excluding hydrogens is 236 g/mol. The number of nitrogens with one attached hydrogen (secondary N) is 1. The van der Waals surface area contributed by atoms with E-state index in [-0.39, 0.29) is 0 Å². The minimum Gasteiger partial charge on any atom is -0.313 e. The zero-order valence-corrected chi connectivity index (χ0v) is 10.4. The molecule has 0 saturated heterocycles. The molecule has 0 saturated carbocycles. The fraction of sp³-hybridized carbons (Fsp3) is 0.417. The number of hydrogen-bond acceptors (Lipinski definition) is 3. The molecule has 0 aliphatic carbocycles. The van der Waals surface area contributed by atoms with Crippen molar-refractivity contribution in [2.45, 2.75) is 19.4 Å². The molecule has 1 aromatic rings. The van der Waals surface area contributed by atoms with Crippen LogP contribution in [-0.4, -0.2) is 21.1 Å². The zero-order valence-electron chi connectivity index (χ0n) is 9.56. The summed E-state index contributed by atoms with van der Waals surface area (Å²) in [4.78, 5) is 0. The Morgan fingerprint density at radius 3 is 2.59 bits per heavy atom. The van der Waals surface area contributed by atoms with E-state index in [1.807, 2.05) is 12.1 Å². The van der Waals surface area contributed by atoms with Crippen LogP contribution in [0.15, 0.2) is 24.3 Å². The van der Waals surface area contributed by atoms with Crippen molar-refractivity contribution >= 4 is 11.1 Å². The maximum absolute atomic E-state index is 10.4. The van der Waals surface area contributed by atoms with E-state index in [0.29, 0.717) is 11.3 Å². The number of hydrogen-bond donors (Lipinski definition) is 2. The number of benzene rings is 1. The maximum atomic E-state index is 10.4. The van der Waals surface area contributed by atoms with Gasteiger partial charge >= 0.3 is 0 Å². The topological polar surface area (TPSA) is 73.1 Å². The van der Waals surface area contributed by atoms with Gasteiger partial charge in [0.1, 0.15) is 0 Å². The average Bonchev–Trinajstić information content (AvgIpc) is 2.34. The van der Waals surface area contributed by atoms with Crippen LogP contribution in [0.3, 0.4) is 0 Å². The van der Waals surface area contributed by atoms with Crippen molar-refractivity contribution in [2.24, 2.45) is 0 Å². The van der Waals surface area contributed by atoms with Gasteiger partial charge in [0, 0.05) is 12.3 Å². The van der Waals surface area contributed by atoms with Crippen LogP contribution in [-0.2, 0) is 17.6 Å². The Kier molecular flexibility index (Phi) is 6.48. The molecule has 1 rings (SSSR count). The van der Waals surface area contributed by atoms with Gasteiger partial charge in [-0.3, -0.25) is 0 Å². The van der Waals surface area contributed by atoms with E-state index in [1.165, 1.54) is 0 Å². The SMILES string of the molecule is N#Cc1ccc(CNCCCCS(=O)O)cc1. The Balaban J connectivity index is 2.14. The van der Waals surface area contributed by atoms with E-state index < -0.39 is 11.1 Å². The lowest BCUT2D eigenvalue weighted by Gasteiger charge is -2.04. The first kappa shape index (κ1) is 13.8. The highest BCUT2D eigenvalue weighted by atomic mass is 32.2. The molecule has 0 aliphatic heterocycles. The standard InChI is InChI=1S/C12H16N2O2S/c13-9-11-3-5-12(6-4-11)10-14-7-1-2-8-17(15)16/h3-6,14H,1-2,7-8,10H2,(H,15,16). The lowest BCUT2D eigenvalue weighted by atomic mass is 10.1. The smallest absolute Gasteiger partial charge is 0.152 e. The molecule has 0 spiro atoms. The largest absolute Gasteiger partial charge is 0.313 e. The fourth-order valence-corrected chi connectivity index (χ4v) is 1.86. The predicted molar refractivity (Wildman–Crippen MR) is 67.7 cm³/mol. The predicted octanol–water partition coefficient (Wildman–Crippen LogP) is 1.65. The first-order valence-electron chi connectivity index (χ1n) is 5.49. The minimum atomic E-state index is -1.67. The summed E-state index contributed by atoms with van der Waals surface area (Å²) in [5.74, 6) is 0.346. The molecule has 0 radical (unpaired) electrons. The van der Waals surface area contributed by atoms with Gasteiger partial charge in [-0.1, -0.05) is 12.1 Å². The summed E-state index contributed by atoms with van der Waals surface area (Å²) in [5, 5.41) is 11.9. The van der Waals surface area contributed by atoms with Crippen molar-refractivity contribution in [2.75, 3.05) is 12.3 Å². The number of rotatable bonds is 7. The molecular formula is C12H16N2O2S. The van der Waals surface area contributed by atoms with Gasteiger partial charge in [0.05, 0.1) is 11.6 Å². The highest BCUT2D eigenvalue weighted by molar-refractivity contribution is 7.79. The molecule has 17 heavy (non-hydrogen) atoms. The van der Waals surface area contributed by atoms with Crippen LogP contribution in [0.2, 0.25) is 0 Å². The van der Waals surface area contributed by atoms with E-state index in [1.54, 1.807) is 12.1 Å². The second-order valence-electron chi connectivity index (χ2n) is 3.72. The Labute approximate surface area is 104 Å². The van der Waals surface area contributed by atoms with Gasteiger partial charge in [0.2, 0.25) is 0 Å². The third kappa shape index (κ3) is 6.17. The molecule has 1 atom stereocenters. The van der Waals surface area contributed by atoms with Crippen molar-refractivity contribution in [3.63, 3.8) is 0 Å². The van der Waals surface area contributed by atoms with Crippen LogP contribution in [0.4, 0.5) is 0 Å². The average molecular weight is 252 g/mol. The molecule has 0 amide bonds. The van der Waals surface area contributed by atoms with E-state index in [9.17, 15) is 4.21 Å². The van der Waals surface area contributed by atoms with Crippen molar-refractivity contribution in [1.82, 2.24) is 5.32 Å². The Morgan fingerprint density at radius 2 is 2.00 bits per heavy atom. The van der Waals surface area contributed by atoms with E-state index in [4.69, 9.17) is 9.81 Å². The normalized spacial score (nSPS) is 12.0. The van der Waals surface area contributed by atoms with Crippen LogP contribution >= 0.6 is 0 Å². The number of unbranched alkanes of at least 4 members (excludes halogenated alkanes) is 1. The van der Waals surface area contributed by atoms with Gasteiger partial charge in [0.25, 0.3) is 0 Å². The summed E-state index contributed by atoms with van der Waals surface area (Å²) in [5.41, 5.74) is 1.80. The summed E-state index contributed by atoms with van der Waals surface area (Å²) in [6.45, 7) is 1.59. The van der Waals surface area contributed by atoms with Gasteiger partial charge in [-0.05, 0) is 37.1 Å². The summed E-state index contributed by atoms with van der Waals surface area (Å²) >= 11 is -1.67. The lowest BCUT2D eigenvalue weighted by molar-refractivity contribution is 0.557. The highest BCUT2D eigenvalue weighted by Crippen LogP contribution is 2.02.